The van der Waals surface area contributed by atoms with E-state index < -0.39 is 0 Å². The van der Waals surface area contributed by atoms with Gasteiger partial charge in [-0.1, -0.05) is 51.2 Å². The molecule has 1 heterocycles. The first-order valence-corrected chi connectivity index (χ1v) is 7.60. The zero-order valence-corrected chi connectivity index (χ0v) is 11.4. The second kappa shape index (κ2) is 6.58. The molecule has 1 aliphatic heterocycles. The SMILES string of the molecule is CC1C/C=C/CCCCCCCCC2(CO2)C1. The molecule has 0 saturated carbocycles. The summed E-state index contributed by atoms with van der Waals surface area (Å²) in [6.07, 6.45) is 18.3. The third kappa shape index (κ3) is 4.83. The lowest BCUT2D eigenvalue weighted by Crippen LogP contribution is -2.15. The Morgan fingerprint density at radius 2 is 1.71 bits per heavy atom. The summed E-state index contributed by atoms with van der Waals surface area (Å²) in [5.41, 5.74) is 0.303. The van der Waals surface area contributed by atoms with Crippen LogP contribution in [0.1, 0.15) is 71.1 Å². The maximum Gasteiger partial charge on any atom is 0.0919 e. The largest absolute Gasteiger partial charge is 0.370 e. The Labute approximate surface area is 107 Å². The van der Waals surface area contributed by atoms with Crippen LogP contribution in [0.3, 0.4) is 0 Å². The first kappa shape index (κ1) is 13.1. The molecule has 1 saturated heterocycles. The smallest absolute Gasteiger partial charge is 0.0919 e. The van der Waals surface area contributed by atoms with Gasteiger partial charge in [-0.2, -0.15) is 0 Å². The normalized spacial score (nSPS) is 38.5. The van der Waals surface area contributed by atoms with Gasteiger partial charge in [0.2, 0.25) is 0 Å². The molecule has 0 bridgehead atoms. The van der Waals surface area contributed by atoms with Gasteiger partial charge < -0.3 is 4.74 Å². The standard InChI is InChI=1S/C16H28O/c1-15-11-9-7-5-3-2-4-6-8-10-12-16(13-15)14-17-16/h7,9,15H,2-6,8,10-14H2,1H3/b9-7+. The van der Waals surface area contributed by atoms with E-state index in [4.69, 9.17) is 4.74 Å². The summed E-state index contributed by atoms with van der Waals surface area (Å²) < 4.78 is 5.74. The highest BCUT2D eigenvalue weighted by Gasteiger charge is 2.44. The molecule has 17 heavy (non-hydrogen) atoms. The van der Waals surface area contributed by atoms with Gasteiger partial charge >= 0.3 is 0 Å². The average molecular weight is 236 g/mol. The molecule has 1 fully saturated rings. The van der Waals surface area contributed by atoms with Gasteiger partial charge in [-0.3, -0.25) is 0 Å². The van der Waals surface area contributed by atoms with Gasteiger partial charge in [0.25, 0.3) is 0 Å². The molecular weight excluding hydrogens is 208 g/mol. The van der Waals surface area contributed by atoms with Crippen molar-refractivity contribution >= 4 is 0 Å². The van der Waals surface area contributed by atoms with Crippen molar-refractivity contribution in [3.05, 3.63) is 12.2 Å². The molecule has 1 nitrogen and oxygen atoms in total. The minimum atomic E-state index is 0.303. The number of ether oxygens (including phenoxy) is 1. The van der Waals surface area contributed by atoms with Gasteiger partial charge in [0, 0.05) is 0 Å². The third-order valence-corrected chi connectivity index (χ3v) is 4.23. The molecule has 0 N–H and O–H groups in total. The Kier molecular flexibility index (Phi) is 5.09. The fourth-order valence-electron chi connectivity index (χ4n) is 3.05. The van der Waals surface area contributed by atoms with Gasteiger partial charge in [0.05, 0.1) is 12.2 Å². The molecule has 0 aromatic rings. The van der Waals surface area contributed by atoms with E-state index in [1.165, 1.54) is 64.2 Å². The quantitative estimate of drug-likeness (QED) is 0.432. The summed E-state index contributed by atoms with van der Waals surface area (Å²) in [6.45, 7) is 3.40. The highest BCUT2D eigenvalue weighted by atomic mass is 16.6. The second-order valence-electron chi connectivity index (χ2n) is 6.15. The Hall–Kier alpha value is -0.300. The molecule has 2 unspecified atom stereocenters. The molecule has 2 rings (SSSR count). The molecule has 0 amide bonds. The van der Waals surface area contributed by atoms with Crippen LogP contribution in [0.4, 0.5) is 0 Å². The maximum atomic E-state index is 5.74. The van der Waals surface area contributed by atoms with E-state index in [0.29, 0.717) is 5.60 Å². The van der Waals surface area contributed by atoms with Crippen molar-refractivity contribution in [1.29, 1.82) is 0 Å². The molecule has 2 aliphatic rings. The summed E-state index contributed by atoms with van der Waals surface area (Å²) in [5, 5.41) is 0. The van der Waals surface area contributed by atoms with Gasteiger partial charge in [-0.25, -0.2) is 0 Å². The summed E-state index contributed by atoms with van der Waals surface area (Å²) in [4.78, 5) is 0. The minimum absolute atomic E-state index is 0.303. The summed E-state index contributed by atoms with van der Waals surface area (Å²) in [7, 11) is 0. The van der Waals surface area contributed by atoms with Crippen molar-refractivity contribution in [2.24, 2.45) is 5.92 Å². The second-order valence-corrected chi connectivity index (χ2v) is 6.15. The fraction of sp³-hybridized carbons (Fsp3) is 0.875. The van der Waals surface area contributed by atoms with Crippen molar-refractivity contribution in [3.63, 3.8) is 0 Å². The van der Waals surface area contributed by atoms with Crippen LogP contribution in [0.25, 0.3) is 0 Å². The lowest BCUT2D eigenvalue weighted by molar-refractivity contribution is 0.239. The van der Waals surface area contributed by atoms with E-state index in [-0.39, 0.29) is 0 Å². The Bertz CT molecular complexity index is 240. The van der Waals surface area contributed by atoms with Crippen molar-refractivity contribution in [2.75, 3.05) is 6.61 Å². The van der Waals surface area contributed by atoms with Gasteiger partial charge in [-0.15, -0.1) is 0 Å². The van der Waals surface area contributed by atoms with Gasteiger partial charge in [0.15, 0.2) is 0 Å². The van der Waals surface area contributed by atoms with E-state index in [9.17, 15) is 0 Å². The van der Waals surface area contributed by atoms with Crippen molar-refractivity contribution in [2.45, 2.75) is 76.7 Å². The molecule has 1 spiro atoms. The van der Waals surface area contributed by atoms with E-state index in [1.807, 2.05) is 0 Å². The molecule has 2 atom stereocenters. The zero-order chi connectivity index (χ0) is 12.0. The molecule has 0 radical (unpaired) electrons. The molecule has 0 aromatic carbocycles. The number of epoxide rings is 1. The predicted octanol–water partition coefficient (Wildman–Crippen LogP) is 4.86. The Morgan fingerprint density at radius 1 is 1.00 bits per heavy atom. The van der Waals surface area contributed by atoms with Crippen molar-refractivity contribution < 1.29 is 4.74 Å². The predicted molar refractivity (Wildman–Crippen MR) is 73.2 cm³/mol. The van der Waals surface area contributed by atoms with Crippen LogP contribution in [-0.2, 0) is 4.74 Å². The first-order valence-electron chi connectivity index (χ1n) is 7.60. The van der Waals surface area contributed by atoms with Gasteiger partial charge in [-0.05, 0) is 38.0 Å². The number of hydrogen-bond acceptors (Lipinski definition) is 1. The molecule has 1 heteroatoms. The van der Waals surface area contributed by atoms with E-state index >= 15 is 0 Å². The van der Waals surface area contributed by atoms with Crippen LogP contribution in [-0.4, -0.2) is 12.2 Å². The van der Waals surface area contributed by atoms with Crippen LogP contribution < -0.4 is 0 Å². The third-order valence-electron chi connectivity index (χ3n) is 4.23. The highest BCUT2D eigenvalue weighted by molar-refractivity contribution is 4.95. The van der Waals surface area contributed by atoms with Crippen molar-refractivity contribution in [1.82, 2.24) is 0 Å². The number of allylic oxidation sites excluding steroid dienone is 2. The Morgan fingerprint density at radius 3 is 2.47 bits per heavy atom. The van der Waals surface area contributed by atoms with E-state index in [2.05, 4.69) is 19.1 Å². The maximum absolute atomic E-state index is 5.74. The Balaban J connectivity index is 1.80. The van der Waals surface area contributed by atoms with Crippen LogP contribution in [0.15, 0.2) is 12.2 Å². The van der Waals surface area contributed by atoms with Gasteiger partial charge in [0.1, 0.15) is 0 Å². The molecule has 0 aromatic heterocycles. The van der Waals surface area contributed by atoms with Crippen molar-refractivity contribution in [3.8, 4) is 0 Å². The van der Waals surface area contributed by atoms with Crippen LogP contribution in [0.5, 0.6) is 0 Å². The number of rotatable bonds is 0. The summed E-state index contributed by atoms with van der Waals surface area (Å²) in [5.74, 6) is 0.789. The fourth-order valence-corrected chi connectivity index (χ4v) is 3.05. The average Bonchev–Trinajstić information content (AvgIpc) is 3.05. The van der Waals surface area contributed by atoms with E-state index in [0.717, 1.165) is 12.5 Å². The van der Waals surface area contributed by atoms with E-state index in [1.54, 1.807) is 0 Å². The molecule has 98 valence electrons. The molecule has 1 aliphatic carbocycles. The topological polar surface area (TPSA) is 12.5 Å². The first-order chi connectivity index (χ1) is 8.31. The molecular formula is C16H28O. The van der Waals surface area contributed by atoms with Crippen LogP contribution in [0.2, 0.25) is 0 Å². The lowest BCUT2D eigenvalue weighted by Gasteiger charge is -2.16. The highest BCUT2D eigenvalue weighted by Crippen LogP contribution is 2.39. The summed E-state index contributed by atoms with van der Waals surface area (Å²) in [6, 6.07) is 0. The minimum Gasteiger partial charge on any atom is -0.370 e. The van der Waals surface area contributed by atoms with Crippen LogP contribution >= 0.6 is 0 Å². The number of hydrogen-bond donors (Lipinski definition) is 0. The lowest BCUT2D eigenvalue weighted by atomic mass is 9.89. The monoisotopic (exact) mass is 236 g/mol. The van der Waals surface area contributed by atoms with Crippen LogP contribution in [0, 0.1) is 5.92 Å². The summed E-state index contributed by atoms with van der Waals surface area (Å²) >= 11 is 0. The zero-order valence-electron chi connectivity index (χ0n) is 11.4.